The van der Waals surface area contributed by atoms with Crippen LogP contribution < -0.4 is 10.1 Å². The Balaban J connectivity index is 1.60. The molecule has 0 radical (unpaired) electrons. The van der Waals surface area contributed by atoms with Crippen LogP contribution in [0.4, 0.5) is 0 Å². The van der Waals surface area contributed by atoms with Gasteiger partial charge in [-0.1, -0.05) is 23.4 Å². The molecule has 6 heteroatoms. The lowest BCUT2D eigenvalue weighted by atomic mass is 10.1. The fourth-order valence-corrected chi connectivity index (χ4v) is 2.70. The first kappa shape index (κ1) is 14.6. The Morgan fingerprint density at radius 1 is 1.45 bits per heavy atom. The van der Waals surface area contributed by atoms with E-state index in [1.165, 1.54) is 5.56 Å². The van der Waals surface area contributed by atoms with Crippen LogP contribution in [0.5, 0.6) is 5.75 Å². The molecule has 0 spiro atoms. The van der Waals surface area contributed by atoms with Gasteiger partial charge in [-0.15, -0.1) is 5.10 Å². The van der Waals surface area contributed by atoms with Crippen molar-refractivity contribution in [2.45, 2.75) is 39.3 Å². The Kier molecular flexibility index (Phi) is 3.83. The molecule has 2 heterocycles. The minimum absolute atomic E-state index is 0.0261. The van der Waals surface area contributed by atoms with Crippen LogP contribution in [0.3, 0.4) is 0 Å². The Morgan fingerprint density at radius 3 is 2.91 bits per heavy atom. The van der Waals surface area contributed by atoms with Crippen LogP contribution in [-0.2, 0) is 6.42 Å². The van der Waals surface area contributed by atoms with Gasteiger partial charge in [-0.05, 0) is 32.4 Å². The monoisotopic (exact) mass is 300 g/mol. The first-order valence-electron chi connectivity index (χ1n) is 7.51. The Bertz CT molecular complexity index is 668. The molecule has 1 aliphatic heterocycles. The van der Waals surface area contributed by atoms with E-state index in [0.717, 1.165) is 17.9 Å². The van der Waals surface area contributed by atoms with Crippen LogP contribution in [0.25, 0.3) is 0 Å². The van der Waals surface area contributed by atoms with Crippen LogP contribution in [0.2, 0.25) is 0 Å². The molecular weight excluding hydrogens is 280 g/mol. The molecule has 2 aromatic rings. The van der Waals surface area contributed by atoms with E-state index in [1.54, 1.807) is 4.68 Å². The summed E-state index contributed by atoms with van der Waals surface area (Å²) in [6.45, 7) is 6.33. The summed E-state index contributed by atoms with van der Waals surface area (Å²) in [5.41, 5.74) is 2.34. The Labute approximate surface area is 129 Å². The zero-order valence-electron chi connectivity index (χ0n) is 13.0. The smallest absolute Gasteiger partial charge is 0.273 e. The lowest BCUT2D eigenvalue weighted by Crippen LogP contribution is -2.35. The lowest BCUT2D eigenvalue weighted by molar-refractivity contribution is 0.0928. The summed E-state index contributed by atoms with van der Waals surface area (Å²) in [7, 11) is 0. The normalized spacial score (nSPS) is 16.5. The van der Waals surface area contributed by atoms with Gasteiger partial charge in [0.2, 0.25) is 0 Å². The molecular formula is C16H20N4O2. The van der Waals surface area contributed by atoms with Crippen molar-refractivity contribution in [3.8, 4) is 5.75 Å². The number of carbonyl (C=O) groups excluding carboxylic acids is 1. The highest BCUT2D eigenvalue weighted by Crippen LogP contribution is 2.27. The van der Waals surface area contributed by atoms with Gasteiger partial charge in [-0.25, -0.2) is 4.68 Å². The highest BCUT2D eigenvalue weighted by Gasteiger charge is 2.24. The number of nitrogens with zero attached hydrogens (tertiary/aromatic N) is 3. The van der Waals surface area contributed by atoms with Crippen LogP contribution in [0.15, 0.2) is 24.3 Å². The molecule has 3 rings (SSSR count). The quantitative estimate of drug-likeness (QED) is 0.936. The second-order valence-corrected chi connectivity index (χ2v) is 5.82. The van der Waals surface area contributed by atoms with Crippen LogP contribution in [0, 0.1) is 6.92 Å². The number of ether oxygens (including phenoxy) is 1. The third-order valence-corrected chi connectivity index (χ3v) is 3.84. The zero-order chi connectivity index (χ0) is 15.7. The second kappa shape index (κ2) is 5.79. The molecule has 0 bridgehead atoms. The Hall–Kier alpha value is -2.37. The molecule has 1 N–H and O–H groups in total. The highest BCUT2D eigenvalue weighted by molar-refractivity contribution is 5.93. The first-order valence-corrected chi connectivity index (χ1v) is 7.51. The molecule has 1 unspecified atom stereocenters. The second-order valence-electron chi connectivity index (χ2n) is 5.82. The molecule has 1 aromatic carbocycles. The molecule has 6 nitrogen and oxygen atoms in total. The maximum Gasteiger partial charge on any atom is 0.273 e. The van der Waals surface area contributed by atoms with E-state index >= 15 is 0 Å². The largest absolute Gasteiger partial charge is 0.488 e. The van der Waals surface area contributed by atoms with E-state index in [9.17, 15) is 4.79 Å². The van der Waals surface area contributed by atoms with Gasteiger partial charge in [0.25, 0.3) is 5.91 Å². The molecule has 116 valence electrons. The first-order chi connectivity index (χ1) is 10.6. The van der Waals surface area contributed by atoms with Crippen molar-refractivity contribution >= 4 is 5.91 Å². The predicted octanol–water partition coefficient (Wildman–Crippen LogP) is 1.90. The van der Waals surface area contributed by atoms with Crippen molar-refractivity contribution in [2.24, 2.45) is 0 Å². The number of fused-ring (bicyclic) bond motifs is 1. The van der Waals surface area contributed by atoms with Crippen LogP contribution in [0.1, 0.15) is 41.6 Å². The van der Waals surface area contributed by atoms with Crippen molar-refractivity contribution in [1.82, 2.24) is 20.3 Å². The number of benzene rings is 1. The molecule has 1 aromatic heterocycles. The average Bonchev–Trinajstić information content (AvgIpc) is 3.07. The zero-order valence-corrected chi connectivity index (χ0v) is 13.0. The number of hydrogen-bond acceptors (Lipinski definition) is 4. The van der Waals surface area contributed by atoms with Crippen molar-refractivity contribution in [3.63, 3.8) is 0 Å². The van der Waals surface area contributed by atoms with Crippen molar-refractivity contribution in [2.75, 3.05) is 6.54 Å². The third-order valence-electron chi connectivity index (χ3n) is 3.84. The number of carbonyl (C=O) groups is 1. The summed E-state index contributed by atoms with van der Waals surface area (Å²) >= 11 is 0. The third kappa shape index (κ3) is 2.68. The molecule has 22 heavy (non-hydrogen) atoms. The van der Waals surface area contributed by atoms with Gasteiger partial charge in [-0.3, -0.25) is 4.79 Å². The van der Waals surface area contributed by atoms with E-state index in [1.807, 2.05) is 39.0 Å². The van der Waals surface area contributed by atoms with E-state index in [0.29, 0.717) is 12.2 Å². The summed E-state index contributed by atoms with van der Waals surface area (Å²) < 4.78 is 7.56. The van der Waals surface area contributed by atoms with Gasteiger partial charge in [0.1, 0.15) is 11.9 Å². The number of hydrogen-bond donors (Lipinski definition) is 1. The highest BCUT2D eigenvalue weighted by atomic mass is 16.5. The topological polar surface area (TPSA) is 69.0 Å². The molecule has 0 fully saturated rings. The van der Waals surface area contributed by atoms with E-state index < -0.39 is 0 Å². The SMILES string of the molecule is Cc1c(C(=O)NCC2Cc3ccccc3O2)nnn1C(C)C. The van der Waals surface area contributed by atoms with Crippen LogP contribution in [-0.4, -0.2) is 33.5 Å². The summed E-state index contributed by atoms with van der Waals surface area (Å²) in [5, 5.41) is 10.9. The summed E-state index contributed by atoms with van der Waals surface area (Å²) in [6, 6.07) is 8.14. The molecule has 1 atom stereocenters. The van der Waals surface area contributed by atoms with E-state index in [4.69, 9.17) is 4.74 Å². The minimum atomic E-state index is -0.205. The molecule has 0 saturated carbocycles. The average molecular weight is 300 g/mol. The van der Waals surface area contributed by atoms with Gasteiger partial charge >= 0.3 is 0 Å². The van der Waals surface area contributed by atoms with Crippen molar-refractivity contribution in [3.05, 3.63) is 41.2 Å². The van der Waals surface area contributed by atoms with Crippen molar-refractivity contribution in [1.29, 1.82) is 0 Å². The number of amides is 1. The maximum atomic E-state index is 12.2. The lowest BCUT2D eigenvalue weighted by Gasteiger charge is -2.11. The summed E-state index contributed by atoms with van der Waals surface area (Å²) in [5.74, 6) is 0.702. The van der Waals surface area contributed by atoms with E-state index in [-0.39, 0.29) is 18.1 Å². The number of para-hydroxylation sites is 1. The van der Waals surface area contributed by atoms with Gasteiger partial charge < -0.3 is 10.1 Å². The standard InChI is InChI=1S/C16H20N4O2/c1-10(2)20-11(3)15(18-19-20)16(21)17-9-13-8-12-6-4-5-7-14(12)22-13/h4-7,10,13H,8-9H2,1-3H3,(H,17,21). The maximum absolute atomic E-state index is 12.2. The molecule has 0 saturated heterocycles. The fourth-order valence-electron chi connectivity index (χ4n) is 2.70. The van der Waals surface area contributed by atoms with Crippen LogP contribution >= 0.6 is 0 Å². The van der Waals surface area contributed by atoms with Crippen molar-refractivity contribution < 1.29 is 9.53 Å². The minimum Gasteiger partial charge on any atom is -0.488 e. The summed E-state index contributed by atoms with van der Waals surface area (Å²) in [4.78, 5) is 12.2. The number of aromatic nitrogens is 3. The van der Waals surface area contributed by atoms with Gasteiger partial charge in [0, 0.05) is 12.5 Å². The summed E-state index contributed by atoms with van der Waals surface area (Å²) in [6.07, 6.45) is 0.787. The van der Waals surface area contributed by atoms with Gasteiger partial charge in [0.05, 0.1) is 12.2 Å². The fraction of sp³-hybridized carbons (Fsp3) is 0.438. The predicted molar refractivity (Wildman–Crippen MR) is 82.0 cm³/mol. The Morgan fingerprint density at radius 2 is 2.23 bits per heavy atom. The van der Waals surface area contributed by atoms with Gasteiger partial charge in [-0.2, -0.15) is 0 Å². The van der Waals surface area contributed by atoms with Gasteiger partial charge in [0.15, 0.2) is 5.69 Å². The molecule has 0 aliphatic carbocycles. The van der Waals surface area contributed by atoms with E-state index in [2.05, 4.69) is 21.7 Å². The number of nitrogens with one attached hydrogen (secondary N) is 1. The molecule has 1 amide bonds. The number of rotatable bonds is 4. The molecule has 1 aliphatic rings.